The molecule has 5 heteroatoms. The fourth-order valence-corrected chi connectivity index (χ4v) is 2.45. The minimum absolute atomic E-state index is 0.266. The van der Waals surface area contributed by atoms with Gasteiger partial charge in [0.05, 0.1) is 18.3 Å². The summed E-state index contributed by atoms with van der Waals surface area (Å²) >= 11 is 1.13. The summed E-state index contributed by atoms with van der Waals surface area (Å²) in [5.41, 5.74) is 3.92. The minimum Gasteiger partial charge on any atom is -0.496 e. The molecule has 0 spiro atoms. The van der Waals surface area contributed by atoms with Gasteiger partial charge in [0.25, 0.3) is 0 Å². The smallest absolute Gasteiger partial charge is 0.348 e. The number of aromatic carboxylic acids is 1. The fourth-order valence-electron chi connectivity index (χ4n) is 1.81. The summed E-state index contributed by atoms with van der Waals surface area (Å²) in [7, 11) is 1.62. The van der Waals surface area contributed by atoms with E-state index in [2.05, 4.69) is 4.98 Å². The topological polar surface area (TPSA) is 59.4 Å². The summed E-state index contributed by atoms with van der Waals surface area (Å²) in [5.74, 6) is -0.130. The number of aryl methyl sites for hydroxylation is 1. The third-order valence-electron chi connectivity index (χ3n) is 2.70. The standard InChI is InChI=1S/C13H13NO3S/c1-3-8-6-9(4-5-10(8)17-2)11-12(13(15)16)18-7-14-11/h4-7H,3H2,1-2H3,(H,15,16). The van der Waals surface area contributed by atoms with Crippen molar-refractivity contribution in [3.05, 3.63) is 34.2 Å². The highest BCUT2D eigenvalue weighted by Gasteiger charge is 2.16. The molecule has 0 fully saturated rings. The summed E-state index contributed by atoms with van der Waals surface area (Å²) in [4.78, 5) is 15.5. The van der Waals surface area contributed by atoms with Gasteiger partial charge in [-0.05, 0) is 30.2 Å². The van der Waals surface area contributed by atoms with Crippen LogP contribution < -0.4 is 4.74 Å². The molecule has 0 saturated carbocycles. The first-order chi connectivity index (χ1) is 8.67. The molecule has 1 N–H and O–H groups in total. The summed E-state index contributed by atoms with van der Waals surface area (Å²) in [6.45, 7) is 2.03. The summed E-state index contributed by atoms with van der Waals surface area (Å²) in [6.07, 6.45) is 0.823. The largest absolute Gasteiger partial charge is 0.496 e. The van der Waals surface area contributed by atoms with Gasteiger partial charge >= 0.3 is 5.97 Å². The highest BCUT2D eigenvalue weighted by Crippen LogP contribution is 2.30. The van der Waals surface area contributed by atoms with Gasteiger partial charge in [0.15, 0.2) is 0 Å². The molecule has 0 radical (unpaired) electrons. The van der Waals surface area contributed by atoms with Crippen LogP contribution in [0.5, 0.6) is 5.75 Å². The van der Waals surface area contributed by atoms with Crippen LogP contribution in [0.4, 0.5) is 0 Å². The zero-order valence-electron chi connectivity index (χ0n) is 10.1. The molecular weight excluding hydrogens is 250 g/mol. The van der Waals surface area contributed by atoms with Crippen molar-refractivity contribution in [3.63, 3.8) is 0 Å². The van der Waals surface area contributed by atoms with Gasteiger partial charge in [-0.1, -0.05) is 6.92 Å². The SMILES string of the molecule is CCc1cc(-c2ncsc2C(=O)O)ccc1OC. The van der Waals surface area contributed by atoms with E-state index in [0.717, 1.165) is 34.6 Å². The fraction of sp³-hybridized carbons (Fsp3) is 0.231. The first kappa shape index (κ1) is 12.6. The monoisotopic (exact) mass is 263 g/mol. The summed E-state index contributed by atoms with van der Waals surface area (Å²) in [5, 5.41) is 9.09. The number of ether oxygens (including phenoxy) is 1. The van der Waals surface area contributed by atoms with Crippen LogP contribution in [0.3, 0.4) is 0 Å². The number of carbonyl (C=O) groups is 1. The molecule has 1 heterocycles. The van der Waals surface area contributed by atoms with Gasteiger partial charge in [0.1, 0.15) is 10.6 Å². The van der Waals surface area contributed by atoms with Crippen molar-refractivity contribution >= 4 is 17.3 Å². The molecule has 0 unspecified atom stereocenters. The Kier molecular flexibility index (Phi) is 3.62. The van der Waals surface area contributed by atoms with Gasteiger partial charge in [0, 0.05) is 5.56 Å². The number of nitrogens with zero attached hydrogens (tertiary/aromatic N) is 1. The first-order valence-electron chi connectivity index (χ1n) is 5.51. The number of rotatable bonds is 4. The van der Waals surface area contributed by atoms with E-state index in [4.69, 9.17) is 9.84 Å². The van der Waals surface area contributed by atoms with Crippen molar-refractivity contribution in [1.29, 1.82) is 0 Å². The number of thiazole rings is 1. The molecule has 1 aromatic heterocycles. The number of aromatic nitrogens is 1. The lowest BCUT2D eigenvalue weighted by Crippen LogP contribution is -1.97. The van der Waals surface area contributed by atoms with Crippen molar-refractivity contribution in [3.8, 4) is 17.0 Å². The van der Waals surface area contributed by atoms with Gasteiger partial charge < -0.3 is 9.84 Å². The highest BCUT2D eigenvalue weighted by molar-refractivity contribution is 7.12. The Morgan fingerprint density at radius 2 is 2.28 bits per heavy atom. The molecule has 2 aromatic rings. The molecule has 18 heavy (non-hydrogen) atoms. The third kappa shape index (κ3) is 2.22. The Labute approximate surface area is 109 Å². The van der Waals surface area contributed by atoms with Crippen molar-refractivity contribution in [2.24, 2.45) is 0 Å². The second-order valence-corrected chi connectivity index (χ2v) is 4.57. The molecule has 2 rings (SSSR count). The van der Waals surface area contributed by atoms with Crippen molar-refractivity contribution < 1.29 is 14.6 Å². The molecule has 0 amide bonds. The average Bonchev–Trinajstić information content (AvgIpc) is 2.87. The number of methoxy groups -OCH3 is 1. The molecule has 4 nitrogen and oxygen atoms in total. The number of hydrogen-bond donors (Lipinski definition) is 1. The molecule has 94 valence electrons. The van der Waals surface area contributed by atoms with Gasteiger partial charge in [-0.2, -0.15) is 0 Å². The van der Waals surface area contributed by atoms with Crippen molar-refractivity contribution in [2.45, 2.75) is 13.3 Å². The number of carboxylic acid groups (broad SMARTS) is 1. The molecule has 0 aliphatic rings. The van der Waals surface area contributed by atoms with E-state index < -0.39 is 5.97 Å². The van der Waals surface area contributed by atoms with Crippen LogP contribution in [-0.4, -0.2) is 23.2 Å². The van der Waals surface area contributed by atoms with Gasteiger partial charge in [0.2, 0.25) is 0 Å². The summed E-state index contributed by atoms with van der Waals surface area (Å²) in [6, 6.07) is 5.61. The van der Waals surface area contributed by atoms with Gasteiger partial charge in [-0.3, -0.25) is 0 Å². The third-order valence-corrected chi connectivity index (χ3v) is 3.51. The van der Waals surface area contributed by atoms with E-state index in [1.54, 1.807) is 12.6 Å². The Morgan fingerprint density at radius 1 is 1.50 bits per heavy atom. The zero-order chi connectivity index (χ0) is 13.1. The van der Waals surface area contributed by atoms with Crippen LogP contribution >= 0.6 is 11.3 Å². The van der Waals surface area contributed by atoms with Crippen molar-refractivity contribution in [2.75, 3.05) is 7.11 Å². The van der Waals surface area contributed by atoms with Gasteiger partial charge in [-0.25, -0.2) is 9.78 Å². The molecule has 0 aliphatic carbocycles. The molecule has 0 bridgehead atoms. The van der Waals surface area contributed by atoms with Crippen LogP contribution in [0.2, 0.25) is 0 Å². The normalized spacial score (nSPS) is 10.3. The van der Waals surface area contributed by atoms with Crippen molar-refractivity contribution in [1.82, 2.24) is 4.98 Å². The predicted octanol–water partition coefficient (Wildman–Crippen LogP) is 3.08. The highest BCUT2D eigenvalue weighted by atomic mass is 32.1. The average molecular weight is 263 g/mol. The molecule has 1 aromatic carbocycles. The summed E-state index contributed by atoms with van der Waals surface area (Å²) < 4.78 is 5.25. The zero-order valence-corrected chi connectivity index (χ0v) is 11.0. The van der Waals surface area contributed by atoms with Crippen LogP contribution in [0.25, 0.3) is 11.3 Å². The number of benzene rings is 1. The van der Waals surface area contributed by atoms with E-state index in [1.165, 1.54) is 0 Å². The van der Waals surface area contributed by atoms with Crippen LogP contribution in [0.1, 0.15) is 22.2 Å². The molecule has 0 aliphatic heterocycles. The van der Waals surface area contributed by atoms with E-state index >= 15 is 0 Å². The minimum atomic E-state index is -0.943. The van der Waals surface area contributed by atoms with Gasteiger partial charge in [-0.15, -0.1) is 11.3 Å². The van der Waals surface area contributed by atoms with Crippen LogP contribution in [0.15, 0.2) is 23.7 Å². The number of carboxylic acids is 1. The maximum atomic E-state index is 11.1. The molecular formula is C13H13NO3S. The van der Waals surface area contributed by atoms with Crippen LogP contribution in [0, 0.1) is 0 Å². The second-order valence-electron chi connectivity index (χ2n) is 3.72. The van der Waals surface area contributed by atoms with E-state index in [-0.39, 0.29) is 4.88 Å². The Hall–Kier alpha value is -1.88. The Balaban J connectivity index is 2.51. The lowest BCUT2D eigenvalue weighted by molar-refractivity contribution is 0.0702. The predicted molar refractivity (Wildman–Crippen MR) is 70.4 cm³/mol. The number of hydrogen-bond acceptors (Lipinski definition) is 4. The Bertz CT molecular complexity index is 577. The van der Waals surface area contributed by atoms with E-state index in [9.17, 15) is 4.79 Å². The maximum absolute atomic E-state index is 11.1. The Morgan fingerprint density at radius 3 is 2.89 bits per heavy atom. The van der Waals surface area contributed by atoms with Crippen LogP contribution in [-0.2, 0) is 6.42 Å². The maximum Gasteiger partial charge on any atom is 0.348 e. The quantitative estimate of drug-likeness (QED) is 0.920. The lowest BCUT2D eigenvalue weighted by Gasteiger charge is -2.08. The van der Waals surface area contributed by atoms with E-state index in [1.807, 2.05) is 25.1 Å². The second kappa shape index (κ2) is 5.18. The molecule has 0 atom stereocenters. The lowest BCUT2D eigenvalue weighted by atomic mass is 10.0. The molecule has 0 saturated heterocycles. The van der Waals surface area contributed by atoms with E-state index in [0.29, 0.717) is 5.69 Å². The first-order valence-corrected chi connectivity index (χ1v) is 6.39.